The number of nitrogens with zero attached hydrogens (tertiary/aromatic N) is 4. The summed E-state index contributed by atoms with van der Waals surface area (Å²) in [7, 11) is 0. The van der Waals surface area contributed by atoms with E-state index in [-0.39, 0.29) is 5.91 Å². The fourth-order valence-corrected chi connectivity index (χ4v) is 3.15. The minimum Gasteiger partial charge on any atom is -0.368 e. The highest BCUT2D eigenvalue weighted by Gasteiger charge is 2.31. The molecule has 0 bridgehead atoms. The van der Waals surface area contributed by atoms with Crippen LogP contribution in [0.4, 0.5) is 11.4 Å². The maximum Gasteiger partial charge on any atom is 0.277 e. The predicted molar refractivity (Wildman–Crippen MR) is 89.8 cm³/mol. The van der Waals surface area contributed by atoms with Gasteiger partial charge in [-0.3, -0.25) is 4.79 Å². The van der Waals surface area contributed by atoms with Gasteiger partial charge in [-0.2, -0.15) is 0 Å². The molecule has 2 heterocycles. The third-order valence-electron chi connectivity index (χ3n) is 4.52. The molecule has 0 radical (unpaired) electrons. The summed E-state index contributed by atoms with van der Waals surface area (Å²) < 4.78 is 0. The van der Waals surface area contributed by atoms with Crippen LogP contribution in [0.25, 0.3) is 0 Å². The summed E-state index contributed by atoms with van der Waals surface area (Å²) >= 11 is 0. The molecule has 2 aromatic rings. The number of aryl methyl sites for hydroxylation is 1. The van der Waals surface area contributed by atoms with E-state index in [1.165, 1.54) is 12.8 Å². The van der Waals surface area contributed by atoms with Crippen LogP contribution in [0.2, 0.25) is 0 Å². The van der Waals surface area contributed by atoms with Crippen molar-refractivity contribution < 1.29 is 4.79 Å². The van der Waals surface area contributed by atoms with Crippen LogP contribution in [-0.2, 0) is 0 Å². The second-order valence-electron chi connectivity index (χ2n) is 6.32. The number of benzene rings is 1. The normalized spacial score (nSPS) is 17.1. The van der Waals surface area contributed by atoms with Gasteiger partial charge in [-0.05, 0) is 43.9 Å². The van der Waals surface area contributed by atoms with Crippen molar-refractivity contribution in [2.75, 3.05) is 29.4 Å². The number of hydrogen-bond donors (Lipinski definition) is 0. The smallest absolute Gasteiger partial charge is 0.277 e. The molecule has 5 nitrogen and oxygen atoms in total. The van der Waals surface area contributed by atoms with Gasteiger partial charge >= 0.3 is 0 Å². The van der Waals surface area contributed by atoms with Crippen molar-refractivity contribution in [2.45, 2.75) is 19.8 Å². The molecule has 2 aliphatic rings. The van der Waals surface area contributed by atoms with Gasteiger partial charge in [0.05, 0.1) is 11.4 Å². The Kier molecular flexibility index (Phi) is 3.48. The minimum atomic E-state index is -0.0472. The quantitative estimate of drug-likeness (QED) is 0.874. The summed E-state index contributed by atoms with van der Waals surface area (Å²) in [6.07, 6.45) is 4.31. The molecule has 1 aliphatic heterocycles. The van der Waals surface area contributed by atoms with Crippen LogP contribution in [0.1, 0.15) is 29.2 Å². The number of anilines is 2. The van der Waals surface area contributed by atoms with E-state index in [0.29, 0.717) is 18.1 Å². The standard InChI is InChI=1S/C18H20N4O/c1-13-19-9-8-15(20-13)18(23)22-11-10-21(12-14-6-7-14)16-4-2-3-5-17(16)22/h2-5,8-9,14H,6-7,10-12H2,1H3. The largest absolute Gasteiger partial charge is 0.368 e. The first-order chi connectivity index (χ1) is 11.2. The molecular weight excluding hydrogens is 288 g/mol. The van der Waals surface area contributed by atoms with Crippen molar-refractivity contribution in [2.24, 2.45) is 5.92 Å². The number of rotatable bonds is 3. The number of hydrogen-bond acceptors (Lipinski definition) is 4. The number of carbonyl (C=O) groups is 1. The topological polar surface area (TPSA) is 49.3 Å². The summed E-state index contributed by atoms with van der Waals surface area (Å²) in [5.41, 5.74) is 2.60. The van der Waals surface area contributed by atoms with Gasteiger partial charge in [-0.15, -0.1) is 0 Å². The first-order valence-corrected chi connectivity index (χ1v) is 8.18. The Bertz CT molecular complexity index is 741. The molecule has 1 amide bonds. The lowest BCUT2D eigenvalue weighted by atomic mass is 10.1. The molecule has 0 spiro atoms. The average Bonchev–Trinajstić information content (AvgIpc) is 3.39. The van der Waals surface area contributed by atoms with Crippen molar-refractivity contribution >= 4 is 17.3 Å². The summed E-state index contributed by atoms with van der Waals surface area (Å²) in [4.78, 5) is 25.5. The molecule has 1 aliphatic carbocycles. The lowest BCUT2D eigenvalue weighted by Crippen LogP contribution is -2.45. The third kappa shape index (κ3) is 2.79. The van der Waals surface area contributed by atoms with E-state index in [1.54, 1.807) is 19.2 Å². The third-order valence-corrected chi connectivity index (χ3v) is 4.52. The van der Waals surface area contributed by atoms with E-state index < -0.39 is 0 Å². The van der Waals surface area contributed by atoms with Gasteiger partial charge < -0.3 is 9.80 Å². The lowest BCUT2D eigenvalue weighted by Gasteiger charge is -2.37. The highest BCUT2D eigenvalue weighted by atomic mass is 16.2. The van der Waals surface area contributed by atoms with Crippen LogP contribution in [0, 0.1) is 12.8 Å². The first kappa shape index (κ1) is 14.2. The van der Waals surface area contributed by atoms with Gasteiger partial charge in [0.15, 0.2) is 0 Å². The molecule has 1 aromatic heterocycles. The molecule has 0 N–H and O–H groups in total. The molecule has 1 aromatic carbocycles. The summed E-state index contributed by atoms with van der Waals surface area (Å²) in [5.74, 6) is 1.40. The number of aromatic nitrogens is 2. The zero-order chi connectivity index (χ0) is 15.8. The highest BCUT2D eigenvalue weighted by Crippen LogP contribution is 2.37. The molecule has 0 unspecified atom stereocenters. The molecule has 0 saturated heterocycles. The predicted octanol–water partition coefficient (Wildman–Crippen LogP) is 2.66. The van der Waals surface area contributed by atoms with Gasteiger partial charge in [-0.25, -0.2) is 9.97 Å². The minimum absolute atomic E-state index is 0.0472. The van der Waals surface area contributed by atoms with Gasteiger partial charge in [0, 0.05) is 25.8 Å². The number of fused-ring (bicyclic) bond motifs is 1. The van der Waals surface area contributed by atoms with E-state index >= 15 is 0 Å². The maximum absolute atomic E-state index is 12.9. The van der Waals surface area contributed by atoms with E-state index in [1.807, 2.05) is 23.1 Å². The van der Waals surface area contributed by atoms with Gasteiger partial charge in [0.1, 0.15) is 11.5 Å². The molecule has 1 fully saturated rings. The molecule has 1 saturated carbocycles. The second-order valence-corrected chi connectivity index (χ2v) is 6.32. The van der Waals surface area contributed by atoms with Crippen molar-refractivity contribution in [3.05, 3.63) is 48.0 Å². The van der Waals surface area contributed by atoms with Crippen molar-refractivity contribution in [1.82, 2.24) is 9.97 Å². The van der Waals surface area contributed by atoms with Crippen LogP contribution >= 0.6 is 0 Å². The van der Waals surface area contributed by atoms with E-state index in [0.717, 1.165) is 30.4 Å². The zero-order valence-electron chi connectivity index (χ0n) is 13.3. The van der Waals surface area contributed by atoms with E-state index in [9.17, 15) is 4.79 Å². The Morgan fingerprint density at radius 2 is 1.96 bits per heavy atom. The van der Waals surface area contributed by atoms with E-state index in [4.69, 9.17) is 0 Å². The molecular formula is C18H20N4O. The van der Waals surface area contributed by atoms with Crippen LogP contribution in [0.3, 0.4) is 0 Å². The fraction of sp³-hybridized carbons (Fsp3) is 0.389. The SMILES string of the molecule is Cc1nccc(C(=O)N2CCN(CC3CC3)c3ccccc32)n1. The Hall–Kier alpha value is -2.43. The molecule has 23 heavy (non-hydrogen) atoms. The Morgan fingerprint density at radius 1 is 1.17 bits per heavy atom. The lowest BCUT2D eigenvalue weighted by molar-refractivity contribution is 0.0981. The van der Waals surface area contributed by atoms with Gasteiger partial charge in [-0.1, -0.05) is 12.1 Å². The Morgan fingerprint density at radius 3 is 2.70 bits per heavy atom. The second kappa shape index (κ2) is 5.65. The number of para-hydroxylation sites is 2. The summed E-state index contributed by atoms with van der Waals surface area (Å²) in [5, 5.41) is 0. The zero-order valence-corrected chi connectivity index (χ0v) is 13.3. The summed E-state index contributed by atoms with van der Waals surface area (Å²) in [6.45, 7) is 4.49. The monoisotopic (exact) mass is 308 g/mol. The van der Waals surface area contributed by atoms with Crippen LogP contribution in [-0.4, -0.2) is 35.5 Å². The Balaban J connectivity index is 1.65. The van der Waals surface area contributed by atoms with Crippen LogP contribution < -0.4 is 9.80 Å². The number of amides is 1. The fourth-order valence-electron chi connectivity index (χ4n) is 3.15. The van der Waals surface area contributed by atoms with Gasteiger partial charge in [0.2, 0.25) is 0 Å². The Labute approximate surface area is 136 Å². The average molecular weight is 308 g/mol. The maximum atomic E-state index is 12.9. The van der Waals surface area contributed by atoms with Crippen molar-refractivity contribution in [1.29, 1.82) is 0 Å². The molecule has 4 rings (SSSR count). The molecule has 5 heteroatoms. The van der Waals surface area contributed by atoms with Crippen molar-refractivity contribution in [3.63, 3.8) is 0 Å². The van der Waals surface area contributed by atoms with Gasteiger partial charge in [0.25, 0.3) is 5.91 Å². The highest BCUT2D eigenvalue weighted by molar-refractivity contribution is 6.07. The van der Waals surface area contributed by atoms with Crippen molar-refractivity contribution in [3.8, 4) is 0 Å². The first-order valence-electron chi connectivity index (χ1n) is 8.18. The molecule has 118 valence electrons. The van der Waals surface area contributed by atoms with Crippen LogP contribution in [0.15, 0.2) is 36.5 Å². The summed E-state index contributed by atoms with van der Waals surface area (Å²) in [6, 6.07) is 9.86. The molecule has 0 atom stereocenters. The number of carbonyl (C=O) groups excluding carboxylic acids is 1. The van der Waals surface area contributed by atoms with E-state index in [2.05, 4.69) is 20.9 Å². The van der Waals surface area contributed by atoms with Crippen LogP contribution in [0.5, 0.6) is 0 Å².